The van der Waals surface area contributed by atoms with Crippen LogP contribution in [-0.4, -0.2) is 33.8 Å². The molecule has 8 heteroatoms. The Morgan fingerprint density at radius 3 is 2.61 bits per heavy atom. The van der Waals surface area contributed by atoms with Crippen LogP contribution in [0.2, 0.25) is 0 Å². The van der Waals surface area contributed by atoms with Gasteiger partial charge in [0.15, 0.2) is 5.16 Å². The van der Waals surface area contributed by atoms with E-state index in [0.717, 1.165) is 41.7 Å². The lowest BCUT2D eigenvalue weighted by Crippen LogP contribution is -2.34. The van der Waals surface area contributed by atoms with E-state index in [0.29, 0.717) is 0 Å². The van der Waals surface area contributed by atoms with Crippen molar-refractivity contribution < 1.29 is 4.79 Å². The number of benzene rings is 1. The molecule has 0 unspecified atom stereocenters. The lowest BCUT2D eigenvalue weighted by Gasteiger charge is -2.21. The number of aromatic nitrogens is 3. The van der Waals surface area contributed by atoms with Crippen molar-refractivity contribution in [2.45, 2.75) is 22.9 Å². The molecular weight excluding hydrogens is 334 g/mol. The number of nitrogens with zero attached hydrogens (tertiary/aromatic N) is 3. The standard InChI is InChI=1S/C15H19N5OS.ClH/c1-20-10-17-19-15(20)22-13-4-2-12(3-5-13)18-14(21)11-6-8-16-9-7-11;/h2-5,10-11,16H,6-9H2,1H3,(H,18,21);1H. The van der Waals surface area contributed by atoms with Crippen LogP contribution in [0.15, 0.2) is 40.6 Å². The second kappa shape index (κ2) is 8.33. The fraction of sp³-hybridized carbons (Fsp3) is 0.400. The van der Waals surface area contributed by atoms with Crippen LogP contribution in [0.4, 0.5) is 5.69 Å². The van der Waals surface area contributed by atoms with Gasteiger partial charge < -0.3 is 15.2 Å². The van der Waals surface area contributed by atoms with Gasteiger partial charge >= 0.3 is 0 Å². The molecule has 2 heterocycles. The minimum Gasteiger partial charge on any atom is -0.326 e. The number of aryl methyl sites for hydroxylation is 1. The molecule has 0 bridgehead atoms. The fourth-order valence-electron chi connectivity index (χ4n) is 2.41. The van der Waals surface area contributed by atoms with Crippen LogP contribution < -0.4 is 10.6 Å². The van der Waals surface area contributed by atoms with E-state index >= 15 is 0 Å². The summed E-state index contributed by atoms with van der Waals surface area (Å²) in [5.74, 6) is 0.240. The molecule has 1 amide bonds. The van der Waals surface area contributed by atoms with Gasteiger partial charge in [-0.15, -0.1) is 22.6 Å². The molecule has 0 spiro atoms. The fourth-order valence-corrected chi connectivity index (χ4v) is 3.17. The van der Waals surface area contributed by atoms with Crippen molar-refractivity contribution in [3.8, 4) is 0 Å². The Hall–Kier alpha value is -1.57. The third-order valence-corrected chi connectivity index (χ3v) is 4.77. The first kappa shape index (κ1) is 17.8. The maximum absolute atomic E-state index is 12.2. The molecule has 0 saturated carbocycles. The summed E-state index contributed by atoms with van der Waals surface area (Å²) in [6.45, 7) is 1.84. The molecule has 1 aromatic carbocycles. The minimum atomic E-state index is 0. The smallest absolute Gasteiger partial charge is 0.227 e. The lowest BCUT2D eigenvalue weighted by atomic mass is 9.97. The van der Waals surface area contributed by atoms with Gasteiger partial charge in [0, 0.05) is 23.5 Å². The number of hydrogen-bond donors (Lipinski definition) is 2. The van der Waals surface area contributed by atoms with Crippen molar-refractivity contribution in [2.24, 2.45) is 13.0 Å². The zero-order valence-electron chi connectivity index (χ0n) is 12.9. The molecule has 0 radical (unpaired) electrons. The normalized spacial score (nSPS) is 15.0. The first-order valence-electron chi connectivity index (χ1n) is 7.36. The molecule has 0 aliphatic carbocycles. The Morgan fingerprint density at radius 2 is 2.00 bits per heavy atom. The van der Waals surface area contributed by atoms with E-state index in [4.69, 9.17) is 0 Å². The van der Waals surface area contributed by atoms with E-state index in [9.17, 15) is 4.79 Å². The van der Waals surface area contributed by atoms with E-state index in [-0.39, 0.29) is 24.2 Å². The molecule has 1 aromatic heterocycles. The van der Waals surface area contributed by atoms with E-state index in [1.807, 2.05) is 35.9 Å². The summed E-state index contributed by atoms with van der Waals surface area (Å²) in [6, 6.07) is 7.82. The van der Waals surface area contributed by atoms with Crippen molar-refractivity contribution >= 4 is 35.8 Å². The number of halogens is 1. The summed E-state index contributed by atoms with van der Waals surface area (Å²) in [4.78, 5) is 13.3. The summed E-state index contributed by atoms with van der Waals surface area (Å²) >= 11 is 1.54. The number of carbonyl (C=O) groups is 1. The highest BCUT2D eigenvalue weighted by atomic mass is 35.5. The molecule has 23 heavy (non-hydrogen) atoms. The Bertz CT molecular complexity index is 640. The molecule has 1 saturated heterocycles. The molecule has 2 N–H and O–H groups in total. The number of rotatable bonds is 4. The van der Waals surface area contributed by atoms with Crippen LogP contribution in [0.3, 0.4) is 0 Å². The van der Waals surface area contributed by atoms with Crippen molar-refractivity contribution in [2.75, 3.05) is 18.4 Å². The van der Waals surface area contributed by atoms with Crippen molar-refractivity contribution in [1.29, 1.82) is 0 Å². The van der Waals surface area contributed by atoms with E-state index in [1.54, 1.807) is 18.1 Å². The van der Waals surface area contributed by atoms with Gasteiger partial charge in [-0.3, -0.25) is 4.79 Å². The van der Waals surface area contributed by atoms with Crippen molar-refractivity contribution in [3.63, 3.8) is 0 Å². The predicted octanol–water partition coefficient (Wildman–Crippen LogP) is 2.33. The Kier molecular flexibility index (Phi) is 6.44. The SMILES string of the molecule is Cl.Cn1cnnc1Sc1ccc(NC(=O)C2CCNCC2)cc1. The maximum Gasteiger partial charge on any atom is 0.227 e. The van der Waals surface area contributed by atoms with E-state index in [2.05, 4.69) is 20.8 Å². The van der Waals surface area contributed by atoms with Gasteiger partial charge in [0.1, 0.15) is 6.33 Å². The van der Waals surface area contributed by atoms with Crippen LogP contribution in [0.5, 0.6) is 0 Å². The molecule has 1 fully saturated rings. The number of nitrogens with one attached hydrogen (secondary N) is 2. The predicted molar refractivity (Wildman–Crippen MR) is 93.0 cm³/mol. The molecule has 3 rings (SSSR count). The average molecular weight is 354 g/mol. The first-order chi connectivity index (χ1) is 10.7. The van der Waals surface area contributed by atoms with Gasteiger partial charge in [-0.2, -0.15) is 0 Å². The molecule has 1 aliphatic heterocycles. The minimum absolute atomic E-state index is 0. The van der Waals surface area contributed by atoms with Gasteiger partial charge in [0.05, 0.1) is 0 Å². The summed E-state index contributed by atoms with van der Waals surface area (Å²) in [5.41, 5.74) is 0.839. The molecule has 124 valence electrons. The highest BCUT2D eigenvalue weighted by Gasteiger charge is 2.20. The number of hydrogen-bond acceptors (Lipinski definition) is 5. The molecular formula is C15H20ClN5OS. The van der Waals surface area contributed by atoms with Gasteiger partial charge in [0.25, 0.3) is 0 Å². The highest BCUT2D eigenvalue weighted by molar-refractivity contribution is 7.99. The van der Waals surface area contributed by atoms with Gasteiger partial charge in [-0.05, 0) is 62.0 Å². The number of anilines is 1. The van der Waals surface area contributed by atoms with Crippen molar-refractivity contribution in [3.05, 3.63) is 30.6 Å². The largest absolute Gasteiger partial charge is 0.326 e. The summed E-state index contributed by atoms with van der Waals surface area (Å²) in [6.07, 6.45) is 3.49. The molecule has 6 nitrogen and oxygen atoms in total. The highest BCUT2D eigenvalue weighted by Crippen LogP contribution is 2.26. The lowest BCUT2D eigenvalue weighted by molar-refractivity contribution is -0.120. The van der Waals surface area contributed by atoms with E-state index < -0.39 is 0 Å². The summed E-state index contributed by atoms with van der Waals surface area (Å²) in [5, 5.41) is 15.0. The third-order valence-electron chi connectivity index (χ3n) is 3.71. The van der Waals surface area contributed by atoms with Crippen LogP contribution in [0.25, 0.3) is 0 Å². The topological polar surface area (TPSA) is 71.8 Å². The second-order valence-electron chi connectivity index (χ2n) is 5.36. The quantitative estimate of drug-likeness (QED) is 0.882. The molecule has 1 aliphatic rings. The van der Waals surface area contributed by atoms with Gasteiger partial charge in [0.2, 0.25) is 5.91 Å². The number of piperidine rings is 1. The third kappa shape index (κ3) is 4.70. The zero-order valence-corrected chi connectivity index (χ0v) is 14.5. The van der Waals surface area contributed by atoms with Gasteiger partial charge in [-0.25, -0.2) is 0 Å². The zero-order chi connectivity index (χ0) is 15.4. The van der Waals surface area contributed by atoms with Gasteiger partial charge in [-0.1, -0.05) is 0 Å². The Morgan fingerprint density at radius 1 is 1.30 bits per heavy atom. The maximum atomic E-state index is 12.2. The summed E-state index contributed by atoms with van der Waals surface area (Å²) in [7, 11) is 1.91. The Balaban J connectivity index is 0.00000192. The van der Waals surface area contributed by atoms with E-state index in [1.165, 1.54) is 0 Å². The van der Waals surface area contributed by atoms with Crippen molar-refractivity contribution in [1.82, 2.24) is 20.1 Å². The summed E-state index contributed by atoms with van der Waals surface area (Å²) < 4.78 is 1.87. The van der Waals surface area contributed by atoms with Crippen LogP contribution in [-0.2, 0) is 11.8 Å². The number of amides is 1. The number of carbonyl (C=O) groups excluding carboxylic acids is 1. The van der Waals surface area contributed by atoms with Crippen LogP contribution >= 0.6 is 24.2 Å². The molecule has 0 atom stereocenters. The molecule has 2 aromatic rings. The monoisotopic (exact) mass is 353 g/mol. The van der Waals surface area contributed by atoms with Crippen LogP contribution in [0, 0.1) is 5.92 Å². The second-order valence-corrected chi connectivity index (χ2v) is 6.41. The first-order valence-corrected chi connectivity index (χ1v) is 8.17. The average Bonchev–Trinajstić information content (AvgIpc) is 2.95. The Labute approximate surface area is 145 Å². The van der Waals surface area contributed by atoms with Crippen LogP contribution in [0.1, 0.15) is 12.8 Å².